The molecule has 1 aromatic heterocycles. The van der Waals surface area contributed by atoms with E-state index in [1.165, 1.54) is 0 Å². The molecule has 0 spiro atoms. The Bertz CT molecular complexity index is 919. The third-order valence-corrected chi connectivity index (χ3v) is 6.58. The molecule has 0 bridgehead atoms. The Hall–Kier alpha value is -2.71. The van der Waals surface area contributed by atoms with Crippen LogP contribution in [-0.4, -0.2) is 63.8 Å². The molecule has 2 aromatic rings. The van der Waals surface area contributed by atoms with Crippen molar-refractivity contribution in [3.63, 3.8) is 0 Å². The molecule has 2 saturated heterocycles. The number of amides is 2. The number of aromatic nitrogens is 2. The Morgan fingerprint density at radius 2 is 1.94 bits per heavy atom. The Labute approximate surface area is 182 Å². The first-order valence-corrected chi connectivity index (χ1v) is 10.8. The van der Waals surface area contributed by atoms with Gasteiger partial charge in [-0.25, -0.2) is 4.98 Å². The van der Waals surface area contributed by atoms with Gasteiger partial charge in [0.15, 0.2) is 0 Å². The number of hydrogen-bond acceptors (Lipinski definition) is 5. The molecular weight excluding hydrogens is 396 g/mol. The summed E-state index contributed by atoms with van der Waals surface area (Å²) in [5.41, 5.74) is 1.10. The fraction of sp³-hybridized carbons (Fsp3) is 0.522. The van der Waals surface area contributed by atoms with E-state index in [0.29, 0.717) is 50.4 Å². The highest BCUT2D eigenvalue weighted by Gasteiger charge is 2.47. The average Bonchev–Trinajstić information content (AvgIpc) is 3.13. The van der Waals surface area contributed by atoms with Gasteiger partial charge in [0, 0.05) is 39.3 Å². The fourth-order valence-electron chi connectivity index (χ4n) is 4.69. The molecule has 0 unspecified atom stereocenters. The third-order valence-electron chi connectivity index (χ3n) is 6.58. The lowest BCUT2D eigenvalue weighted by Crippen LogP contribution is -2.63. The van der Waals surface area contributed by atoms with E-state index in [9.17, 15) is 14.7 Å². The van der Waals surface area contributed by atoms with E-state index in [1.54, 1.807) is 29.8 Å². The van der Waals surface area contributed by atoms with Crippen LogP contribution in [0.4, 0.5) is 0 Å². The van der Waals surface area contributed by atoms with Crippen LogP contribution in [0.2, 0.25) is 0 Å². The minimum Gasteiger partial charge on any atom is -0.388 e. The van der Waals surface area contributed by atoms with Crippen LogP contribution >= 0.6 is 0 Å². The number of β-amino-alcohol motifs (C(OH)–C–C–N with tert-alkyl or cyclic N) is 1. The third kappa shape index (κ3) is 4.09. The number of nitrogens with zero attached hydrogens (tertiary/aromatic N) is 3. The predicted molar refractivity (Wildman–Crippen MR) is 114 cm³/mol. The van der Waals surface area contributed by atoms with Crippen molar-refractivity contribution in [1.82, 2.24) is 19.8 Å². The number of carbonyl (C=O) groups is 2. The molecule has 8 heteroatoms. The van der Waals surface area contributed by atoms with Crippen LogP contribution in [0.5, 0.6) is 0 Å². The molecule has 2 atom stereocenters. The van der Waals surface area contributed by atoms with Crippen molar-refractivity contribution >= 4 is 11.8 Å². The maximum atomic E-state index is 13.1. The van der Waals surface area contributed by atoms with Crippen molar-refractivity contribution in [2.45, 2.75) is 37.8 Å². The Morgan fingerprint density at radius 3 is 2.55 bits per heavy atom. The van der Waals surface area contributed by atoms with Gasteiger partial charge in [-0.15, -0.1) is 0 Å². The number of carbonyl (C=O) groups excluding carboxylic acids is 2. The highest BCUT2D eigenvalue weighted by Crippen LogP contribution is 2.35. The van der Waals surface area contributed by atoms with Gasteiger partial charge >= 0.3 is 0 Å². The molecule has 0 aliphatic carbocycles. The largest absolute Gasteiger partial charge is 0.388 e. The number of aliphatic hydroxyl groups excluding tert-OH is 1. The van der Waals surface area contributed by atoms with E-state index in [1.807, 2.05) is 30.3 Å². The molecule has 31 heavy (non-hydrogen) atoms. The highest BCUT2D eigenvalue weighted by molar-refractivity contribution is 5.94. The summed E-state index contributed by atoms with van der Waals surface area (Å²) in [7, 11) is 1.79. The normalized spacial score (nSPS) is 24.7. The molecule has 2 aliphatic heterocycles. The van der Waals surface area contributed by atoms with Crippen molar-refractivity contribution in [3.05, 3.63) is 53.6 Å². The number of aliphatic hydroxyl groups is 1. The van der Waals surface area contributed by atoms with Crippen LogP contribution in [0.1, 0.15) is 41.0 Å². The van der Waals surface area contributed by atoms with E-state index in [2.05, 4.69) is 10.3 Å². The zero-order chi connectivity index (χ0) is 22.0. The first-order chi connectivity index (χ1) is 14.9. The number of ether oxygens (including phenoxy) is 1. The van der Waals surface area contributed by atoms with Crippen LogP contribution in [0.25, 0.3) is 0 Å². The summed E-state index contributed by atoms with van der Waals surface area (Å²) in [6.45, 7) is 3.50. The summed E-state index contributed by atoms with van der Waals surface area (Å²) < 4.78 is 7.09. The maximum Gasteiger partial charge on any atom is 0.272 e. The van der Waals surface area contributed by atoms with Crippen LogP contribution in [-0.2, 0) is 22.1 Å². The quantitative estimate of drug-likeness (QED) is 0.770. The van der Waals surface area contributed by atoms with Crippen LogP contribution in [0.3, 0.4) is 0 Å². The molecule has 2 N–H and O–H groups in total. The molecular formula is C23H30N4O4. The second kappa shape index (κ2) is 8.80. The lowest BCUT2D eigenvalue weighted by Gasteiger charge is -2.47. The molecule has 166 valence electrons. The van der Waals surface area contributed by atoms with E-state index in [-0.39, 0.29) is 24.3 Å². The van der Waals surface area contributed by atoms with E-state index < -0.39 is 11.6 Å². The lowest BCUT2D eigenvalue weighted by atomic mass is 9.77. The minimum atomic E-state index is -0.940. The minimum absolute atomic E-state index is 0.0616. The Balaban J connectivity index is 1.58. The Morgan fingerprint density at radius 1 is 1.23 bits per heavy atom. The van der Waals surface area contributed by atoms with Gasteiger partial charge in [-0.2, -0.15) is 0 Å². The number of piperidine rings is 1. The van der Waals surface area contributed by atoms with Gasteiger partial charge in [0.2, 0.25) is 5.91 Å². The molecule has 2 fully saturated rings. The summed E-state index contributed by atoms with van der Waals surface area (Å²) in [4.78, 5) is 32.1. The van der Waals surface area contributed by atoms with Gasteiger partial charge in [-0.05, 0) is 31.7 Å². The van der Waals surface area contributed by atoms with Crippen molar-refractivity contribution in [1.29, 1.82) is 0 Å². The number of aryl methyl sites for hydroxylation is 2. The molecule has 4 rings (SSSR count). The summed E-state index contributed by atoms with van der Waals surface area (Å²) in [6.07, 6.45) is 2.46. The first-order valence-electron chi connectivity index (χ1n) is 10.8. The second-order valence-electron chi connectivity index (χ2n) is 8.52. The van der Waals surface area contributed by atoms with Crippen LogP contribution in [0, 0.1) is 12.8 Å². The maximum absolute atomic E-state index is 13.1. The van der Waals surface area contributed by atoms with Gasteiger partial charge < -0.3 is 24.6 Å². The van der Waals surface area contributed by atoms with E-state index in [4.69, 9.17) is 4.74 Å². The summed E-state index contributed by atoms with van der Waals surface area (Å²) in [5, 5.41) is 14.5. The average molecular weight is 427 g/mol. The molecule has 0 radical (unpaired) electrons. The molecule has 2 aliphatic rings. The topological polar surface area (TPSA) is 96.7 Å². The molecule has 1 aromatic carbocycles. The number of benzene rings is 1. The molecule has 2 amide bonds. The predicted octanol–water partition coefficient (Wildman–Crippen LogP) is 1.37. The summed E-state index contributed by atoms with van der Waals surface area (Å²) in [5.74, 6) is -0.347. The summed E-state index contributed by atoms with van der Waals surface area (Å²) >= 11 is 0. The van der Waals surface area contributed by atoms with Crippen molar-refractivity contribution in [3.8, 4) is 0 Å². The van der Waals surface area contributed by atoms with Gasteiger partial charge in [-0.3, -0.25) is 9.59 Å². The fourth-order valence-corrected chi connectivity index (χ4v) is 4.69. The van der Waals surface area contributed by atoms with E-state index >= 15 is 0 Å². The summed E-state index contributed by atoms with van der Waals surface area (Å²) in [6, 6.07) is 9.57. The number of nitrogens with one attached hydrogen (secondary N) is 1. The monoisotopic (exact) mass is 426 g/mol. The van der Waals surface area contributed by atoms with Gasteiger partial charge in [0.05, 0.1) is 23.7 Å². The molecule has 8 nitrogen and oxygen atoms in total. The van der Waals surface area contributed by atoms with Crippen molar-refractivity contribution < 1.29 is 19.4 Å². The van der Waals surface area contributed by atoms with Crippen molar-refractivity contribution in [2.75, 3.05) is 26.3 Å². The first kappa shape index (κ1) is 21.5. The zero-order valence-corrected chi connectivity index (χ0v) is 18.1. The smallest absolute Gasteiger partial charge is 0.272 e. The highest BCUT2D eigenvalue weighted by atomic mass is 16.5. The van der Waals surface area contributed by atoms with Crippen LogP contribution in [0.15, 0.2) is 36.7 Å². The zero-order valence-electron chi connectivity index (χ0n) is 18.1. The number of imidazole rings is 1. The Kier molecular flexibility index (Phi) is 6.11. The number of likely N-dealkylation sites (tertiary alicyclic amines) is 1. The SMILES string of the molecule is Cc1ncn(C)c1C(=O)N1CC[C@](NC(=O)C2CCOCC2)(c2ccccc2)[C@H](O)C1. The molecule has 3 heterocycles. The van der Waals surface area contributed by atoms with Gasteiger partial charge in [0.25, 0.3) is 5.91 Å². The van der Waals surface area contributed by atoms with Gasteiger partial charge in [0.1, 0.15) is 5.69 Å². The van der Waals surface area contributed by atoms with Gasteiger partial charge in [-0.1, -0.05) is 30.3 Å². The lowest BCUT2D eigenvalue weighted by molar-refractivity contribution is -0.133. The van der Waals surface area contributed by atoms with E-state index in [0.717, 1.165) is 5.56 Å². The molecule has 0 saturated carbocycles. The number of hydrogen-bond donors (Lipinski definition) is 2. The second-order valence-corrected chi connectivity index (χ2v) is 8.52. The standard InChI is InChI=1S/C23H30N4O4/c1-16-20(26(2)15-24-16)22(30)27-11-10-23(19(28)14-27,18-6-4-3-5-7-18)25-21(29)17-8-12-31-13-9-17/h3-7,15,17,19,28H,8-14H2,1-2H3,(H,25,29)/t19-,23+/m1/s1. The van der Waals surface area contributed by atoms with Crippen molar-refractivity contribution in [2.24, 2.45) is 13.0 Å². The number of rotatable bonds is 4. The van der Waals surface area contributed by atoms with Crippen LogP contribution < -0.4 is 5.32 Å².